The minimum atomic E-state index is -0.154. The highest BCUT2D eigenvalue weighted by atomic mass is 16.3. The van der Waals surface area contributed by atoms with Crippen LogP contribution in [-0.4, -0.2) is 29.0 Å². The lowest BCUT2D eigenvalue weighted by Crippen LogP contribution is -2.59. The van der Waals surface area contributed by atoms with Crippen LogP contribution in [0.1, 0.15) is 85.0 Å². The molecule has 3 heteroatoms. The molecule has 0 heterocycles. The summed E-state index contributed by atoms with van der Waals surface area (Å²) in [4.78, 5) is 0. The third kappa shape index (κ3) is 3.02. The van der Waals surface area contributed by atoms with Crippen LogP contribution in [-0.2, 0) is 0 Å². The Hall–Kier alpha value is -0.120. The van der Waals surface area contributed by atoms with Gasteiger partial charge < -0.3 is 15.9 Å². The third-order valence-electron chi connectivity index (χ3n) is 10.4. The Morgan fingerprint density at radius 1 is 1.04 bits per heavy atom. The van der Waals surface area contributed by atoms with E-state index in [1.54, 1.807) is 0 Å². The topological polar surface area (TPSA) is 66.5 Å². The standard InChI is InChI=1S/C24H43NO2/c1-15(5-4-12-26)19-8-9-20-18-7-6-16-13-17(25)10-11-23(16,2)21(18)14-22(27)24(19,20)3/h15-22,26-27H,4-14,25H2,1-3H3/t15?,16?,17?,18?,19-,20?,21?,22?,23+,24-/m1/s1. The van der Waals surface area contributed by atoms with Crippen LogP contribution in [0.4, 0.5) is 0 Å². The van der Waals surface area contributed by atoms with Crippen molar-refractivity contribution in [1.82, 2.24) is 0 Å². The predicted molar refractivity (Wildman–Crippen MR) is 110 cm³/mol. The van der Waals surface area contributed by atoms with Crippen molar-refractivity contribution in [2.45, 2.75) is 97.1 Å². The number of fused-ring (bicyclic) bond motifs is 5. The summed E-state index contributed by atoms with van der Waals surface area (Å²) < 4.78 is 0. The first kappa shape index (κ1) is 20.2. The Morgan fingerprint density at radius 2 is 1.81 bits per heavy atom. The predicted octanol–water partition coefficient (Wildman–Crippen LogP) is 4.35. The van der Waals surface area contributed by atoms with Crippen molar-refractivity contribution < 1.29 is 10.2 Å². The molecular weight excluding hydrogens is 334 g/mol. The van der Waals surface area contributed by atoms with E-state index < -0.39 is 0 Å². The minimum absolute atomic E-state index is 0.0876. The summed E-state index contributed by atoms with van der Waals surface area (Å²) in [6, 6.07) is 0.404. The third-order valence-corrected chi connectivity index (χ3v) is 10.4. The first-order chi connectivity index (χ1) is 12.8. The van der Waals surface area contributed by atoms with Gasteiger partial charge in [-0.15, -0.1) is 0 Å². The van der Waals surface area contributed by atoms with Gasteiger partial charge in [0.1, 0.15) is 0 Å². The summed E-state index contributed by atoms with van der Waals surface area (Å²) >= 11 is 0. The van der Waals surface area contributed by atoms with Crippen LogP contribution in [0.2, 0.25) is 0 Å². The second-order valence-electron chi connectivity index (χ2n) is 11.3. The van der Waals surface area contributed by atoms with Crippen LogP contribution >= 0.6 is 0 Å². The van der Waals surface area contributed by atoms with E-state index in [4.69, 9.17) is 5.73 Å². The molecule has 0 aromatic carbocycles. The van der Waals surface area contributed by atoms with Crippen molar-refractivity contribution in [3.8, 4) is 0 Å². The first-order valence-corrected chi connectivity index (χ1v) is 11.9. The molecule has 4 aliphatic carbocycles. The van der Waals surface area contributed by atoms with Gasteiger partial charge in [0, 0.05) is 12.6 Å². The van der Waals surface area contributed by atoms with E-state index in [2.05, 4.69) is 20.8 Å². The van der Waals surface area contributed by atoms with Gasteiger partial charge in [-0.3, -0.25) is 0 Å². The normalized spacial score (nSPS) is 53.3. The first-order valence-electron chi connectivity index (χ1n) is 11.9. The summed E-state index contributed by atoms with van der Waals surface area (Å²) in [5, 5.41) is 20.8. The molecule has 4 saturated carbocycles. The Bertz CT molecular complexity index is 538. The summed E-state index contributed by atoms with van der Waals surface area (Å²) in [5.74, 6) is 4.21. The van der Waals surface area contributed by atoms with Crippen LogP contribution in [0.5, 0.6) is 0 Å². The van der Waals surface area contributed by atoms with Gasteiger partial charge >= 0.3 is 0 Å². The number of hydrogen-bond acceptors (Lipinski definition) is 3. The summed E-state index contributed by atoms with van der Waals surface area (Å²) in [6.45, 7) is 7.64. The van der Waals surface area contributed by atoms with Gasteiger partial charge in [0.15, 0.2) is 0 Å². The van der Waals surface area contributed by atoms with Gasteiger partial charge in [0.05, 0.1) is 6.10 Å². The van der Waals surface area contributed by atoms with Crippen molar-refractivity contribution in [1.29, 1.82) is 0 Å². The molecular formula is C24H43NO2. The molecule has 4 aliphatic rings. The highest BCUT2D eigenvalue weighted by molar-refractivity contribution is 5.12. The van der Waals surface area contributed by atoms with E-state index >= 15 is 0 Å². The SMILES string of the molecule is CC(CCCO)[C@H]1CCC2C3CCC4CC(N)CC[C@]4(C)C3CC(O)[C@@]21C. The molecule has 0 spiro atoms. The lowest BCUT2D eigenvalue weighted by Gasteiger charge is -2.62. The number of aliphatic hydroxyl groups excluding tert-OH is 2. The largest absolute Gasteiger partial charge is 0.396 e. The van der Waals surface area contributed by atoms with Gasteiger partial charge in [-0.05, 0) is 111 Å². The molecule has 7 unspecified atom stereocenters. The fourth-order valence-electron chi connectivity index (χ4n) is 8.83. The Labute approximate surface area is 166 Å². The zero-order valence-corrected chi connectivity index (χ0v) is 17.9. The smallest absolute Gasteiger partial charge is 0.0602 e. The van der Waals surface area contributed by atoms with Crippen LogP contribution in [0.25, 0.3) is 0 Å². The molecule has 0 aromatic heterocycles. The minimum Gasteiger partial charge on any atom is -0.396 e. The molecule has 0 aromatic rings. The van der Waals surface area contributed by atoms with Crippen molar-refractivity contribution in [3.63, 3.8) is 0 Å². The Balaban J connectivity index is 1.58. The van der Waals surface area contributed by atoms with E-state index in [9.17, 15) is 10.2 Å². The van der Waals surface area contributed by atoms with Gasteiger partial charge in [0.2, 0.25) is 0 Å². The number of nitrogens with two attached hydrogens (primary N) is 1. The molecule has 4 N–H and O–H groups in total. The number of aliphatic hydroxyl groups is 2. The lowest BCUT2D eigenvalue weighted by molar-refractivity contribution is -0.169. The summed E-state index contributed by atoms with van der Waals surface area (Å²) in [7, 11) is 0. The maximum absolute atomic E-state index is 11.5. The quantitative estimate of drug-likeness (QED) is 0.682. The van der Waals surface area contributed by atoms with E-state index in [0.717, 1.165) is 31.1 Å². The molecule has 10 atom stereocenters. The summed E-state index contributed by atoms with van der Waals surface area (Å²) in [6.07, 6.45) is 11.8. The van der Waals surface area contributed by atoms with Gasteiger partial charge in [-0.2, -0.15) is 0 Å². The zero-order chi connectivity index (χ0) is 19.4. The molecule has 4 fully saturated rings. The average Bonchev–Trinajstić information content (AvgIpc) is 3.00. The molecule has 3 nitrogen and oxygen atoms in total. The maximum Gasteiger partial charge on any atom is 0.0602 e. The van der Waals surface area contributed by atoms with E-state index in [0.29, 0.717) is 41.7 Å². The molecule has 27 heavy (non-hydrogen) atoms. The van der Waals surface area contributed by atoms with Crippen LogP contribution < -0.4 is 5.73 Å². The average molecular weight is 378 g/mol. The van der Waals surface area contributed by atoms with Gasteiger partial charge in [-0.1, -0.05) is 20.8 Å². The van der Waals surface area contributed by atoms with Crippen molar-refractivity contribution in [2.24, 2.45) is 52.1 Å². The lowest BCUT2D eigenvalue weighted by atomic mass is 9.43. The van der Waals surface area contributed by atoms with Crippen LogP contribution in [0, 0.1) is 46.3 Å². The van der Waals surface area contributed by atoms with Gasteiger partial charge in [-0.25, -0.2) is 0 Å². The second kappa shape index (κ2) is 7.29. The Kier molecular flexibility index (Phi) is 5.44. The molecule has 0 radical (unpaired) electrons. The molecule has 4 rings (SSSR count). The maximum atomic E-state index is 11.5. The number of hydrogen-bond donors (Lipinski definition) is 3. The number of rotatable bonds is 4. The van der Waals surface area contributed by atoms with Crippen molar-refractivity contribution >= 4 is 0 Å². The second-order valence-corrected chi connectivity index (χ2v) is 11.3. The summed E-state index contributed by atoms with van der Waals surface area (Å²) in [5.41, 5.74) is 6.82. The monoisotopic (exact) mass is 377 g/mol. The molecule has 0 aliphatic heterocycles. The fraction of sp³-hybridized carbons (Fsp3) is 1.00. The highest BCUT2D eigenvalue weighted by Gasteiger charge is 2.63. The fourth-order valence-corrected chi connectivity index (χ4v) is 8.83. The van der Waals surface area contributed by atoms with Gasteiger partial charge in [0.25, 0.3) is 0 Å². The molecule has 156 valence electrons. The van der Waals surface area contributed by atoms with Crippen LogP contribution in [0.15, 0.2) is 0 Å². The molecule has 0 amide bonds. The van der Waals surface area contributed by atoms with E-state index in [1.807, 2.05) is 0 Å². The van der Waals surface area contributed by atoms with Crippen molar-refractivity contribution in [3.05, 3.63) is 0 Å². The Morgan fingerprint density at radius 3 is 2.56 bits per heavy atom. The zero-order valence-electron chi connectivity index (χ0n) is 17.9. The van der Waals surface area contributed by atoms with E-state index in [1.165, 1.54) is 44.9 Å². The molecule has 0 bridgehead atoms. The molecule has 0 saturated heterocycles. The van der Waals surface area contributed by atoms with E-state index in [-0.39, 0.29) is 11.5 Å². The van der Waals surface area contributed by atoms with Crippen molar-refractivity contribution in [2.75, 3.05) is 6.61 Å². The highest BCUT2D eigenvalue weighted by Crippen LogP contribution is 2.68. The van der Waals surface area contributed by atoms with Crippen LogP contribution in [0.3, 0.4) is 0 Å².